The number of aromatic nitrogens is 1. The van der Waals surface area contributed by atoms with Crippen LogP contribution in [-0.2, 0) is 10.2 Å². The number of carboxylic acids is 1. The third-order valence-corrected chi connectivity index (χ3v) is 5.29. The average molecular weight is 392 g/mol. The lowest BCUT2D eigenvalue weighted by Gasteiger charge is -2.23. The highest BCUT2D eigenvalue weighted by atomic mass is 32.2. The molecule has 9 nitrogen and oxygen atoms in total. The summed E-state index contributed by atoms with van der Waals surface area (Å²) in [5.41, 5.74) is 0.458. The Morgan fingerprint density at radius 1 is 1.22 bits per heavy atom. The molecule has 0 spiro atoms. The number of nitrogens with one attached hydrogen (secondary N) is 2. The molecule has 1 saturated heterocycles. The molecule has 1 aromatic carbocycles. The molecular weight excluding hydrogens is 372 g/mol. The summed E-state index contributed by atoms with van der Waals surface area (Å²) in [6.07, 6.45) is 2.76. The van der Waals surface area contributed by atoms with E-state index in [1.165, 1.54) is 12.1 Å². The maximum Gasteiger partial charge on any atom is 0.354 e. The van der Waals surface area contributed by atoms with Crippen molar-refractivity contribution in [3.05, 3.63) is 47.8 Å². The topological polar surface area (TPSA) is 144 Å². The number of piperidine rings is 1. The first kappa shape index (κ1) is 19.1. The smallest absolute Gasteiger partial charge is 0.354 e. The molecule has 1 fully saturated rings. The SMILES string of the molecule is NS(=O)(=O)n1ccc(-c2cccc(C(=O)NC3CCNCC3)c2)c1C(=O)O. The summed E-state index contributed by atoms with van der Waals surface area (Å²) in [5, 5.41) is 20.7. The van der Waals surface area contributed by atoms with Crippen LogP contribution in [0.4, 0.5) is 0 Å². The fourth-order valence-electron chi connectivity index (χ4n) is 3.13. The van der Waals surface area contributed by atoms with Crippen LogP contribution >= 0.6 is 0 Å². The van der Waals surface area contributed by atoms with Gasteiger partial charge in [0.2, 0.25) is 0 Å². The number of benzene rings is 1. The zero-order valence-electron chi connectivity index (χ0n) is 14.4. The van der Waals surface area contributed by atoms with Crippen molar-refractivity contribution in [2.24, 2.45) is 5.14 Å². The standard InChI is InChI=1S/C17H20N4O5S/c18-27(25,26)21-9-6-14(15(21)17(23)24)11-2-1-3-12(10-11)16(22)20-13-4-7-19-8-5-13/h1-3,6,9-10,13,19H,4-5,7-8H2,(H,20,22)(H,23,24)(H2,18,25,26). The van der Waals surface area contributed by atoms with E-state index in [4.69, 9.17) is 5.14 Å². The van der Waals surface area contributed by atoms with Gasteiger partial charge in [0, 0.05) is 23.4 Å². The molecule has 1 amide bonds. The van der Waals surface area contributed by atoms with Gasteiger partial charge in [0.05, 0.1) is 0 Å². The number of carbonyl (C=O) groups is 2. The van der Waals surface area contributed by atoms with Crippen molar-refractivity contribution in [3.8, 4) is 11.1 Å². The minimum Gasteiger partial charge on any atom is -0.477 e. The third-order valence-electron chi connectivity index (χ3n) is 4.44. The molecule has 2 heterocycles. The molecular formula is C17H20N4O5S. The number of hydrogen-bond donors (Lipinski definition) is 4. The van der Waals surface area contributed by atoms with Crippen molar-refractivity contribution in [1.29, 1.82) is 0 Å². The Hall–Kier alpha value is -2.69. The molecule has 2 aromatic rings. The van der Waals surface area contributed by atoms with Crippen molar-refractivity contribution >= 4 is 22.1 Å². The van der Waals surface area contributed by atoms with Crippen LogP contribution in [0.2, 0.25) is 0 Å². The zero-order valence-corrected chi connectivity index (χ0v) is 15.2. The normalized spacial score (nSPS) is 15.4. The van der Waals surface area contributed by atoms with E-state index in [0.29, 0.717) is 15.1 Å². The highest BCUT2D eigenvalue weighted by molar-refractivity contribution is 7.87. The monoisotopic (exact) mass is 392 g/mol. The molecule has 0 unspecified atom stereocenters. The van der Waals surface area contributed by atoms with Crippen LogP contribution in [0.5, 0.6) is 0 Å². The summed E-state index contributed by atoms with van der Waals surface area (Å²) in [5.74, 6) is -1.69. The lowest BCUT2D eigenvalue weighted by molar-refractivity contribution is 0.0690. The number of carboxylic acid groups (broad SMARTS) is 1. The van der Waals surface area contributed by atoms with Gasteiger partial charge in [-0.05, 0) is 49.7 Å². The zero-order chi connectivity index (χ0) is 19.6. The van der Waals surface area contributed by atoms with E-state index >= 15 is 0 Å². The van der Waals surface area contributed by atoms with Gasteiger partial charge in [-0.2, -0.15) is 8.42 Å². The molecule has 0 saturated carbocycles. The van der Waals surface area contributed by atoms with Crippen molar-refractivity contribution in [3.63, 3.8) is 0 Å². The van der Waals surface area contributed by atoms with Crippen molar-refractivity contribution in [2.75, 3.05) is 13.1 Å². The predicted octanol–water partition coefficient (Wildman–Crippen LogP) is 0.387. The van der Waals surface area contributed by atoms with E-state index in [0.717, 1.165) is 32.1 Å². The lowest BCUT2D eigenvalue weighted by atomic mass is 10.0. The highest BCUT2D eigenvalue weighted by Crippen LogP contribution is 2.26. The molecule has 3 rings (SSSR count). The summed E-state index contributed by atoms with van der Waals surface area (Å²) >= 11 is 0. The number of nitrogens with two attached hydrogens (primary N) is 1. The summed E-state index contributed by atoms with van der Waals surface area (Å²) < 4.78 is 23.7. The Labute approximate surface area is 156 Å². The van der Waals surface area contributed by atoms with E-state index in [1.807, 2.05) is 0 Å². The Kier molecular flexibility index (Phi) is 5.31. The minimum atomic E-state index is -4.26. The number of amides is 1. The molecule has 0 bridgehead atoms. The fraction of sp³-hybridized carbons (Fsp3) is 0.294. The molecule has 1 aliphatic heterocycles. The first-order valence-electron chi connectivity index (χ1n) is 8.37. The quantitative estimate of drug-likeness (QED) is 0.579. The third kappa shape index (κ3) is 4.18. The molecule has 1 aliphatic rings. The Bertz CT molecular complexity index is 977. The number of rotatable bonds is 5. The van der Waals surface area contributed by atoms with Gasteiger partial charge in [-0.15, -0.1) is 0 Å². The van der Waals surface area contributed by atoms with Gasteiger partial charge in [0.15, 0.2) is 5.69 Å². The molecule has 27 heavy (non-hydrogen) atoms. The number of hydrogen-bond acceptors (Lipinski definition) is 5. The van der Waals surface area contributed by atoms with Gasteiger partial charge in [-0.25, -0.2) is 13.9 Å². The molecule has 5 N–H and O–H groups in total. The van der Waals surface area contributed by atoms with E-state index in [1.54, 1.807) is 18.2 Å². The van der Waals surface area contributed by atoms with Crippen LogP contribution in [0.15, 0.2) is 36.5 Å². The van der Waals surface area contributed by atoms with Crippen LogP contribution in [0.25, 0.3) is 11.1 Å². The van der Waals surface area contributed by atoms with Crippen molar-refractivity contribution in [1.82, 2.24) is 14.6 Å². The highest BCUT2D eigenvalue weighted by Gasteiger charge is 2.23. The van der Waals surface area contributed by atoms with Gasteiger partial charge in [0.1, 0.15) is 0 Å². The number of carbonyl (C=O) groups excluding carboxylic acids is 1. The molecule has 0 radical (unpaired) electrons. The largest absolute Gasteiger partial charge is 0.477 e. The number of aromatic carboxylic acids is 1. The maximum absolute atomic E-state index is 12.5. The second-order valence-electron chi connectivity index (χ2n) is 6.30. The summed E-state index contributed by atoms with van der Waals surface area (Å²) in [4.78, 5) is 24.1. The molecule has 144 valence electrons. The van der Waals surface area contributed by atoms with Crippen LogP contribution in [-0.4, -0.2) is 48.5 Å². The predicted molar refractivity (Wildman–Crippen MR) is 98.7 cm³/mol. The van der Waals surface area contributed by atoms with Gasteiger partial charge in [-0.1, -0.05) is 12.1 Å². The van der Waals surface area contributed by atoms with Gasteiger partial charge in [0.25, 0.3) is 5.91 Å². The molecule has 10 heteroatoms. The molecule has 0 aliphatic carbocycles. The average Bonchev–Trinajstić information content (AvgIpc) is 3.08. The Morgan fingerprint density at radius 2 is 1.93 bits per heavy atom. The first-order chi connectivity index (χ1) is 12.8. The van der Waals surface area contributed by atoms with Crippen molar-refractivity contribution in [2.45, 2.75) is 18.9 Å². The Balaban J connectivity index is 1.93. The second kappa shape index (κ2) is 7.51. The van der Waals surface area contributed by atoms with Crippen molar-refractivity contribution < 1.29 is 23.1 Å². The minimum absolute atomic E-state index is 0.0838. The van der Waals surface area contributed by atoms with E-state index in [-0.39, 0.29) is 17.5 Å². The van der Waals surface area contributed by atoms with Crippen LogP contribution < -0.4 is 15.8 Å². The van der Waals surface area contributed by atoms with Gasteiger partial charge in [-0.3, -0.25) is 4.79 Å². The summed E-state index contributed by atoms with van der Waals surface area (Å²) in [6.45, 7) is 1.68. The summed E-state index contributed by atoms with van der Waals surface area (Å²) in [6, 6.07) is 7.81. The fourth-order valence-corrected chi connectivity index (χ4v) is 3.79. The van der Waals surface area contributed by atoms with Crippen LogP contribution in [0.1, 0.15) is 33.7 Å². The Morgan fingerprint density at radius 3 is 2.56 bits per heavy atom. The first-order valence-corrected chi connectivity index (χ1v) is 9.87. The second-order valence-corrected chi connectivity index (χ2v) is 7.73. The van der Waals surface area contributed by atoms with E-state index in [9.17, 15) is 23.1 Å². The van der Waals surface area contributed by atoms with Crippen LogP contribution in [0, 0.1) is 0 Å². The van der Waals surface area contributed by atoms with Gasteiger partial charge >= 0.3 is 16.2 Å². The lowest BCUT2D eigenvalue weighted by Crippen LogP contribution is -2.42. The van der Waals surface area contributed by atoms with Gasteiger partial charge < -0.3 is 15.7 Å². The number of nitrogens with zero attached hydrogens (tertiary/aromatic N) is 1. The van der Waals surface area contributed by atoms with Crippen LogP contribution in [0.3, 0.4) is 0 Å². The molecule has 0 atom stereocenters. The van der Waals surface area contributed by atoms with E-state index < -0.39 is 21.9 Å². The summed E-state index contributed by atoms with van der Waals surface area (Å²) in [7, 11) is -4.26. The van der Waals surface area contributed by atoms with E-state index in [2.05, 4.69) is 10.6 Å². The maximum atomic E-state index is 12.5. The molecule has 1 aromatic heterocycles.